The quantitative estimate of drug-likeness (QED) is 0.339. The highest BCUT2D eigenvalue weighted by molar-refractivity contribution is 7.72. The van der Waals surface area contributed by atoms with E-state index >= 15 is 0 Å². The van der Waals surface area contributed by atoms with Crippen LogP contribution in [0.3, 0.4) is 0 Å². The fourth-order valence-corrected chi connectivity index (χ4v) is 4.49. The molecule has 0 aliphatic heterocycles. The van der Waals surface area contributed by atoms with Crippen molar-refractivity contribution >= 4 is 29.0 Å². The standard InChI is InChI=1S/C5H13O11P3/c1-2-5(17(7,8)9,18(10,11)12)3-4(6)16-19(13,14)15/h2-3H2,1H3,(H2,7,8,9)(H2,10,11,12)(H2,13,14,15). The van der Waals surface area contributed by atoms with E-state index in [9.17, 15) is 18.5 Å². The molecule has 0 heterocycles. The summed E-state index contributed by atoms with van der Waals surface area (Å²) in [5.74, 6) is -1.83. The Balaban J connectivity index is 5.56. The molecule has 0 saturated heterocycles. The maximum Gasteiger partial charge on any atom is 0.526 e. The SMILES string of the molecule is CCC(CC(=O)OP(=O)(O)O)(P(=O)(O)O)P(=O)(O)O. The molecule has 0 saturated carbocycles. The van der Waals surface area contributed by atoms with Crippen molar-refractivity contribution in [3.8, 4) is 0 Å². The van der Waals surface area contributed by atoms with E-state index in [1.807, 2.05) is 0 Å². The van der Waals surface area contributed by atoms with Gasteiger partial charge in [-0.1, -0.05) is 6.92 Å². The predicted molar refractivity (Wildman–Crippen MR) is 59.9 cm³/mol. The van der Waals surface area contributed by atoms with Crippen molar-refractivity contribution in [2.24, 2.45) is 0 Å². The monoisotopic (exact) mass is 342 g/mol. The number of carbonyl (C=O) groups excluding carboxylic acids is 1. The second-order valence-corrected chi connectivity index (χ2v) is 8.96. The highest BCUT2D eigenvalue weighted by Gasteiger charge is 2.60. The Morgan fingerprint density at radius 3 is 1.58 bits per heavy atom. The van der Waals surface area contributed by atoms with Crippen LogP contribution in [-0.2, 0) is 23.0 Å². The largest absolute Gasteiger partial charge is 0.526 e. The van der Waals surface area contributed by atoms with Gasteiger partial charge >= 0.3 is 29.0 Å². The van der Waals surface area contributed by atoms with E-state index in [-0.39, 0.29) is 0 Å². The summed E-state index contributed by atoms with van der Waals surface area (Å²) in [6, 6.07) is 0. The van der Waals surface area contributed by atoms with Crippen molar-refractivity contribution in [1.82, 2.24) is 0 Å². The van der Waals surface area contributed by atoms with E-state index in [0.29, 0.717) is 0 Å². The Labute approximate surface area is 107 Å². The van der Waals surface area contributed by atoms with Crippen LogP contribution in [0.4, 0.5) is 0 Å². The first-order valence-corrected chi connectivity index (χ1v) is 9.31. The fraction of sp³-hybridized carbons (Fsp3) is 0.800. The molecule has 0 aromatic carbocycles. The average molecular weight is 342 g/mol. The average Bonchev–Trinajstić information content (AvgIpc) is 2.06. The van der Waals surface area contributed by atoms with Gasteiger partial charge in [0.2, 0.25) is 0 Å². The van der Waals surface area contributed by atoms with Crippen molar-refractivity contribution in [2.75, 3.05) is 0 Å². The zero-order chi connectivity index (χ0) is 15.7. The second kappa shape index (κ2) is 5.73. The summed E-state index contributed by atoms with van der Waals surface area (Å²) in [5, 5.41) is 0. The molecule has 114 valence electrons. The van der Waals surface area contributed by atoms with Crippen LogP contribution in [0, 0.1) is 0 Å². The van der Waals surface area contributed by atoms with E-state index in [2.05, 4.69) is 4.52 Å². The molecule has 0 aliphatic rings. The van der Waals surface area contributed by atoms with Crippen LogP contribution in [-0.4, -0.2) is 40.2 Å². The van der Waals surface area contributed by atoms with Gasteiger partial charge < -0.3 is 24.1 Å². The number of rotatable bonds is 6. The fourth-order valence-electron chi connectivity index (χ4n) is 1.31. The maximum absolute atomic E-state index is 11.2. The topological polar surface area (TPSA) is 199 Å². The molecule has 0 fully saturated rings. The highest BCUT2D eigenvalue weighted by atomic mass is 31.2. The molecule has 19 heavy (non-hydrogen) atoms. The van der Waals surface area contributed by atoms with Crippen LogP contribution in [0.15, 0.2) is 0 Å². The van der Waals surface area contributed by atoms with E-state index in [0.717, 1.165) is 6.92 Å². The van der Waals surface area contributed by atoms with Crippen LogP contribution < -0.4 is 0 Å². The molecule has 0 aromatic heterocycles. The van der Waals surface area contributed by atoms with Crippen molar-refractivity contribution in [1.29, 1.82) is 0 Å². The molecule has 0 rings (SSSR count). The Bertz CT molecular complexity index is 457. The zero-order valence-corrected chi connectivity index (χ0v) is 12.2. The van der Waals surface area contributed by atoms with Crippen LogP contribution in [0.25, 0.3) is 0 Å². The van der Waals surface area contributed by atoms with Crippen molar-refractivity contribution in [3.05, 3.63) is 0 Å². The van der Waals surface area contributed by atoms with Gasteiger partial charge in [0.05, 0.1) is 6.42 Å². The lowest BCUT2D eigenvalue weighted by Gasteiger charge is -2.32. The third-order valence-corrected chi connectivity index (χ3v) is 7.42. The molecule has 0 aromatic rings. The number of phosphoric acid groups is 1. The van der Waals surface area contributed by atoms with Gasteiger partial charge in [0.15, 0.2) is 4.90 Å². The minimum atomic E-state index is -5.46. The molecule has 14 heteroatoms. The van der Waals surface area contributed by atoms with Gasteiger partial charge in [-0.25, -0.2) is 4.57 Å². The predicted octanol–water partition coefficient (Wildman–Crippen LogP) is -0.526. The molecule has 0 amide bonds. The number of phosphoric ester groups is 1. The lowest BCUT2D eigenvalue weighted by Crippen LogP contribution is -2.32. The van der Waals surface area contributed by atoms with Crippen molar-refractivity contribution in [2.45, 2.75) is 24.7 Å². The van der Waals surface area contributed by atoms with E-state index in [4.69, 9.17) is 29.4 Å². The Morgan fingerprint density at radius 2 is 1.37 bits per heavy atom. The minimum absolute atomic E-state index is 0.808. The zero-order valence-electron chi connectivity index (χ0n) is 9.48. The second-order valence-electron chi connectivity index (χ2n) is 3.55. The lowest BCUT2D eigenvalue weighted by atomic mass is 10.2. The van der Waals surface area contributed by atoms with Crippen molar-refractivity contribution in [3.63, 3.8) is 0 Å². The van der Waals surface area contributed by atoms with Gasteiger partial charge in [0.1, 0.15) is 0 Å². The first kappa shape index (κ1) is 18.9. The number of hydrogen-bond donors (Lipinski definition) is 6. The summed E-state index contributed by atoms with van der Waals surface area (Å²) in [5.41, 5.74) is 0. The van der Waals surface area contributed by atoms with Crippen LogP contribution in [0.2, 0.25) is 0 Å². The Hall–Kier alpha value is -0.0800. The van der Waals surface area contributed by atoms with Crippen LogP contribution in [0.1, 0.15) is 19.8 Å². The summed E-state index contributed by atoms with van der Waals surface area (Å²) >= 11 is 0. The van der Waals surface area contributed by atoms with Crippen LogP contribution >= 0.6 is 23.0 Å². The summed E-state index contributed by atoms with van der Waals surface area (Å²) in [6.07, 6.45) is -2.35. The van der Waals surface area contributed by atoms with E-state index in [1.54, 1.807) is 0 Å². The van der Waals surface area contributed by atoms with Crippen molar-refractivity contribution < 1.29 is 52.4 Å². The maximum atomic E-state index is 11.2. The van der Waals surface area contributed by atoms with Gasteiger partial charge in [0, 0.05) is 0 Å². The van der Waals surface area contributed by atoms with Gasteiger partial charge in [-0.3, -0.25) is 23.7 Å². The number of carbonyl (C=O) groups is 1. The third kappa shape index (κ3) is 4.75. The van der Waals surface area contributed by atoms with E-state index in [1.165, 1.54) is 0 Å². The highest BCUT2D eigenvalue weighted by Crippen LogP contribution is 2.72. The number of hydrogen-bond acceptors (Lipinski definition) is 5. The first-order valence-electron chi connectivity index (χ1n) is 4.55. The molecular weight excluding hydrogens is 329 g/mol. The molecule has 11 nitrogen and oxygen atoms in total. The normalized spacial score (nSPS) is 14.3. The van der Waals surface area contributed by atoms with Gasteiger partial charge in [0.25, 0.3) is 0 Å². The Morgan fingerprint density at radius 1 is 1.00 bits per heavy atom. The van der Waals surface area contributed by atoms with E-state index < -0.39 is 46.7 Å². The molecular formula is C5H13O11P3. The molecule has 0 aliphatic carbocycles. The summed E-state index contributed by atoms with van der Waals surface area (Å²) in [4.78, 5) is 60.8. The minimum Gasteiger partial charge on any atom is -0.371 e. The van der Waals surface area contributed by atoms with Gasteiger partial charge in [-0.15, -0.1) is 0 Å². The summed E-state index contributed by atoms with van der Waals surface area (Å²) in [7, 11) is -16.2. The molecule has 0 spiro atoms. The smallest absolute Gasteiger partial charge is 0.371 e. The summed E-state index contributed by atoms with van der Waals surface area (Å²) < 4.78 is 36.4. The molecule has 0 atom stereocenters. The molecule has 0 radical (unpaired) electrons. The third-order valence-electron chi connectivity index (χ3n) is 2.30. The lowest BCUT2D eigenvalue weighted by molar-refractivity contribution is -0.136. The van der Waals surface area contributed by atoms with Crippen LogP contribution in [0.5, 0.6) is 0 Å². The molecule has 0 bridgehead atoms. The van der Waals surface area contributed by atoms with Gasteiger partial charge in [-0.05, 0) is 6.42 Å². The molecule has 6 N–H and O–H groups in total. The summed E-state index contributed by atoms with van der Waals surface area (Å²) in [6.45, 7) is 1.00. The first-order chi connectivity index (χ1) is 8.16. The van der Waals surface area contributed by atoms with Gasteiger partial charge in [-0.2, -0.15) is 0 Å². The Kier molecular flexibility index (Phi) is 5.71. The molecule has 0 unspecified atom stereocenters.